The molecule has 1 heterocycles. The fraction of sp³-hybridized carbons (Fsp3) is 0.533. The second kappa shape index (κ2) is 7.11. The molecule has 1 aliphatic heterocycles. The summed E-state index contributed by atoms with van der Waals surface area (Å²) < 4.78 is 31.6. The molecule has 1 saturated heterocycles. The summed E-state index contributed by atoms with van der Waals surface area (Å²) in [6.07, 6.45) is 3.13. The van der Waals surface area contributed by atoms with Crippen LogP contribution >= 0.6 is 0 Å². The van der Waals surface area contributed by atoms with E-state index in [-0.39, 0.29) is 10.9 Å². The number of hydrogen-bond donors (Lipinski definition) is 1. The molecule has 0 bridgehead atoms. The van der Waals surface area contributed by atoms with Gasteiger partial charge in [-0.2, -0.15) is 4.31 Å². The lowest BCUT2D eigenvalue weighted by atomic mass is 10.0. The van der Waals surface area contributed by atoms with Crippen LogP contribution < -0.4 is 5.32 Å². The Hall–Kier alpha value is -1.60. The fourth-order valence-electron chi connectivity index (χ4n) is 2.71. The molecule has 7 heteroatoms. The lowest BCUT2D eigenvalue weighted by Gasteiger charge is -2.34. The molecule has 1 aromatic rings. The van der Waals surface area contributed by atoms with Crippen LogP contribution in [0.1, 0.15) is 32.6 Å². The number of nitrogens with zero attached hydrogens (tertiary/aromatic N) is 1. The Balaban J connectivity index is 2.20. The van der Waals surface area contributed by atoms with Gasteiger partial charge in [-0.05, 0) is 43.5 Å². The zero-order chi connectivity index (χ0) is 16.2. The van der Waals surface area contributed by atoms with Gasteiger partial charge in [0.2, 0.25) is 10.0 Å². The van der Waals surface area contributed by atoms with Gasteiger partial charge in [-0.15, -0.1) is 0 Å². The van der Waals surface area contributed by atoms with E-state index in [1.54, 1.807) is 16.4 Å². The van der Waals surface area contributed by atoms with Crippen molar-refractivity contribution in [2.75, 3.05) is 19.0 Å². The average Bonchev–Trinajstić information content (AvgIpc) is 2.55. The normalized spacial score (nSPS) is 19.6. The maximum Gasteiger partial charge on any atom is 0.411 e. The highest BCUT2D eigenvalue weighted by Gasteiger charge is 2.32. The van der Waals surface area contributed by atoms with Gasteiger partial charge in [0.1, 0.15) is 0 Å². The summed E-state index contributed by atoms with van der Waals surface area (Å²) in [5.74, 6) is 0. The molecule has 1 atom stereocenters. The minimum Gasteiger partial charge on any atom is -0.453 e. The van der Waals surface area contributed by atoms with Crippen molar-refractivity contribution in [1.82, 2.24) is 4.31 Å². The molecule has 1 unspecified atom stereocenters. The third-order valence-electron chi connectivity index (χ3n) is 3.94. The van der Waals surface area contributed by atoms with Crippen LogP contribution in [0.4, 0.5) is 10.5 Å². The monoisotopic (exact) mass is 326 g/mol. The average molecular weight is 326 g/mol. The molecule has 1 aliphatic rings. The minimum atomic E-state index is -3.48. The molecular formula is C15H22N2O4S. The second-order valence-electron chi connectivity index (χ2n) is 5.31. The van der Waals surface area contributed by atoms with Gasteiger partial charge in [-0.25, -0.2) is 13.2 Å². The van der Waals surface area contributed by atoms with E-state index in [1.807, 2.05) is 6.92 Å². The van der Waals surface area contributed by atoms with Crippen molar-refractivity contribution in [2.24, 2.45) is 0 Å². The topological polar surface area (TPSA) is 75.7 Å². The van der Waals surface area contributed by atoms with E-state index >= 15 is 0 Å². The van der Waals surface area contributed by atoms with E-state index in [1.165, 1.54) is 19.2 Å². The Kier molecular flexibility index (Phi) is 5.42. The van der Waals surface area contributed by atoms with Crippen molar-refractivity contribution >= 4 is 21.8 Å². The molecule has 0 radical (unpaired) electrons. The fourth-order valence-corrected chi connectivity index (χ4v) is 4.48. The zero-order valence-electron chi connectivity index (χ0n) is 12.9. The van der Waals surface area contributed by atoms with Gasteiger partial charge in [-0.3, -0.25) is 5.32 Å². The van der Waals surface area contributed by atoms with Crippen molar-refractivity contribution < 1.29 is 17.9 Å². The maximum absolute atomic E-state index is 12.8. The number of anilines is 1. The van der Waals surface area contributed by atoms with E-state index in [2.05, 4.69) is 10.1 Å². The first-order valence-electron chi connectivity index (χ1n) is 7.46. The van der Waals surface area contributed by atoms with Gasteiger partial charge in [0, 0.05) is 18.3 Å². The van der Waals surface area contributed by atoms with Gasteiger partial charge in [0.25, 0.3) is 0 Å². The van der Waals surface area contributed by atoms with E-state index < -0.39 is 16.1 Å². The Morgan fingerprint density at radius 2 is 2.00 bits per heavy atom. The van der Waals surface area contributed by atoms with Gasteiger partial charge in [-0.1, -0.05) is 13.3 Å². The molecule has 0 aromatic heterocycles. The summed E-state index contributed by atoms with van der Waals surface area (Å²) in [7, 11) is -2.21. The smallest absolute Gasteiger partial charge is 0.411 e. The van der Waals surface area contributed by atoms with E-state index in [0.29, 0.717) is 12.2 Å². The lowest BCUT2D eigenvalue weighted by molar-refractivity contribution is 0.187. The Labute approximate surface area is 131 Å². The summed E-state index contributed by atoms with van der Waals surface area (Å²) >= 11 is 0. The predicted molar refractivity (Wildman–Crippen MR) is 84.3 cm³/mol. The van der Waals surface area contributed by atoms with Crippen molar-refractivity contribution in [1.29, 1.82) is 0 Å². The summed E-state index contributed by atoms with van der Waals surface area (Å²) in [5, 5.41) is 2.50. The number of sulfonamides is 1. The quantitative estimate of drug-likeness (QED) is 0.923. The van der Waals surface area contributed by atoms with Crippen LogP contribution in [0.25, 0.3) is 0 Å². The standard InChI is InChI=1S/C15H22N2O4S/c1-3-13-6-4-5-11-17(13)22(19,20)14-9-7-12(8-10-14)16-15(18)21-2/h7-10,13H,3-6,11H2,1-2H3,(H,16,18). The molecule has 0 saturated carbocycles. The number of amides is 1. The van der Waals surface area contributed by atoms with Crippen LogP contribution in [0.15, 0.2) is 29.2 Å². The summed E-state index contributed by atoms with van der Waals surface area (Å²) in [4.78, 5) is 11.4. The first kappa shape index (κ1) is 16.8. The summed E-state index contributed by atoms with van der Waals surface area (Å²) in [5.41, 5.74) is 0.497. The molecule has 1 N–H and O–H groups in total. The minimum absolute atomic E-state index is 0.0756. The zero-order valence-corrected chi connectivity index (χ0v) is 13.7. The highest BCUT2D eigenvalue weighted by Crippen LogP contribution is 2.27. The third kappa shape index (κ3) is 3.59. The van der Waals surface area contributed by atoms with Gasteiger partial charge >= 0.3 is 6.09 Å². The molecule has 1 amide bonds. The van der Waals surface area contributed by atoms with Crippen molar-refractivity contribution in [3.63, 3.8) is 0 Å². The first-order chi connectivity index (χ1) is 10.5. The number of rotatable bonds is 4. The molecule has 0 aliphatic carbocycles. The van der Waals surface area contributed by atoms with E-state index in [9.17, 15) is 13.2 Å². The van der Waals surface area contributed by atoms with E-state index in [0.717, 1.165) is 25.7 Å². The number of methoxy groups -OCH3 is 1. The van der Waals surface area contributed by atoms with Gasteiger partial charge in [0.05, 0.1) is 12.0 Å². The molecule has 22 heavy (non-hydrogen) atoms. The number of nitrogens with one attached hydrogen (secondary N) is 1. The Morgan fingerprint density at radius 1 is 1.32 bits per heavy atom. The first-order valence-corrected chi connectivity index (χ1v) is 8.90. The second-order valence-corrected chi connectivity index (χ2v) is 7.21. The largest absolute Gasteiger partial charge is 0.453 e. The van der Waals surface area contributed by atoms with Crippen molar-refractivity contribution in [3.05, 3.63) is 24.3 Å². The van der Waals surface area contributed by atoms with Crippen LogP contribution in [0.3, 0.4) is 0 Å². The number of hydrogen-bond acceptors (Lipinski definition) is 4. The number of piperidine rings is 1. The maximum atomic E-state index is 12.8. The summed E-state index contributed by atoms with van der Waals surface area (Å²) in [6, 6.07) is 6.24. The van der Waals surface area contributed by atoms with Gasteiger partial charge in [0.15, 0.2) is 0 Å². The van der Waals surface area contributed by atoms with Gasteiger partial charge < -0.3 is 4.74 Å². The van der Waals surface area contributed by atoms with Crippen LogP contribution in [0.2, 0.25) is 0 Å². The molecule has 1 fully saturated rings. The molecule has 0 spiro atoms. The predicted octanol–water partition coefficient (Wildman–Crippen LogP) is 2.82. The molecule has 2 rings (SSSR count). The number of carbonyl (C=O) groups excluding carboxylic acids is 1. The van der Waals surface area contributed by atoms with Crippen LogP contribution in [0, 0.1) is 0 Å². The van der Waals surface area contributed by atoms with E-state index in [4.69, 9.17) is 0 Å². The van der Waals surface area contributed by atoms with Crippen molar-refractivity contribution in [2.45, 2.75) is 43.5 Å². The SMILES string of the molecule is CCC1CCCCN1S(=O)(=O)c1ccc(NC(=O)OC)cc1. The Morgan fingerprint density at radius 3 is 2.59 bits per heavy atom. The number of benzene rings is 1. The highest BCUT2D eigenvalue weighted by molar-refractivity contribution is 7.89. The highest BCUT2D eigenvalue weighted by atomic mass is 32.2. The van der Waals surface area contributed by atoms with Crippen LogP contribution in [-0.4, -0.2) is 38.5 Å². The lowest BCUT2D eigenvalue weighted by Crippen LogP contribution is -2.43. The van der Waals surface area contributed by atoms with Crippen LogP contribution in [-0.2, 0) is 14.8 Å². The molecule has 1 aromatic carbocycles. The summed E-state index contributed by atoms with van der Waals surface area (Å²) in [6.45, 7) is 2.59. The third-order valence-corrected chi connectivity index (χ3v) is 5.90. The molecule has 122 valence electrons. The van der Waals surface area contributed by atoms with Crippen LogP contribution in [0.5, 0.6) is 0 Å². The molecule has 6 nitrogen and oxygen atoms in total. The van der Waals surface area contributed by atoms with Crippen molar-refractivity contribution in [3.8, 4) is 0 Å². The number of carbonyl (C=O) groups is 1. The number of ether oxygens (including phenoxy) is 1. The Bertz CT molecular complexity index is 613. The molecular weight excluding hydrogens is 304 g/mol.